The van der Waals surface area contributed by atoms with Gasteiger partial charge >= 0.3 is 6.18 Å². The number of carbonyl (C=O) groups excluding carboxylic acids is 2. The third-order valence-corrected chi connectivity index (χ3v) is 3.21. The van der Waals surface area contributed by atoms with Crippen molar-refractivity contribution in [1.82, 2.24) is 5.32 Å². The van der Waals surface area contributed by atoms with E-state index in [0.29, 0.717) is 4.48 Å². The van der Waals surface area contributed by atoms with Crippen LogP contribution in [0, 0.1) is 0 Å². The highest BCUT2D eigenvalue weighted by Gasteiger charge is 2.31. The Labute approximate surface area is 138 Å². The SMILES string of the molecule is C=C(Br)C[C@@H](NC(=O)[C@H](O)c1ccc(C(F)(F)F)cc1)C(N)=O. The highest BCUT2D eigenvalue weighted by atomic mass is 79.9. The number of alkyl halides is 3. The third-order valence-electron chi connectivity index (χ3n) is 2.89. The van der Waals surface area contributed by atoms with Gasteiger partial charge < -0.3 is 16.2 Å². The number of nitrogens with two attached hydrogens (primary N) is 1. The number of hydrogen-bond donors (Lipinski definition) is 3. The van der Waals surface area contributed by atoms with E-state index in [-0.39, 0.29) is 12.0 Å². The largest absolute Gasteiger partial charge is 0.416 e. The Kier molecular flexibility index (Phi) is 6.34. The second-order valence-corrected chi connectivity index (χ2v) is 5.83. The molecular weight excluding hydrogens is 381 g/mol. The molecule has 2 amide bonds. The molecule has 0 aliphatic heterocycles. The number of benzene rings is 1. The average molecular weight is 395 g/mol. The number of carbonyl (C=O) groups is 2. The molecule has 4 N–H and O–H groups in total. The quantitative estimate of drug-likeness (QED) is 0.688. The molecule has 9 heteroatoms. The summed E-state index contributed by atoms with van der Waals surface area (Å²) in [6.45, 7) is 3.51. The first kappa shape index (κ1) is 19.2. The van der Waals surface area contributed by atoms with Gasteiger partial charge in [-0.05, 0) is 22.2 Å². The van der Waals surface area contributed by atoms with Gasteiger partial charge in [-0.2, -0.15) is 13.2 Å². The average Bonchev–Trinajstić information content (AvgIpc) is 2.44. The first-order valence-corrected chi connectivity index (χ1v) is 7.10. The Morgan fingerprint density at radius 3 is 2.22 bits per heavy atom. The Morgan fingerprint density at radius 1 is 1.30 bits per heavy atom. The van der Waals surface area contributed by atoms with Crippen molar-refractivity contribution >= 4 is 27.7 Å². The summed E-state index contributed by atoms with van der Waals surface area (Å²) in [5, 5.41) is 12.1. The number of primary amides is 1. The Morgan fingerprint density at radius 2 is 1.83 bits per heavy atom. The molecule has 0 aliphatic rings. The molecule has 1 aromatic carbocycles. The molecule has 0 spiro atoms. The standard InChI is InChI=1S/C14H14BrF3N2O3/c1-7(15)6-10(12(19)22)20-13(23)11(21)8-2-4-9(5-3-8)14(16,17)18/h2-5,10-11,21H,1,6H2,(H2,19,22)(H,20,23)/t10-,11-/m1/s1. The monoisotopic (exact) mass is 394 g/mol. The first-order chi connectivity index (χ1) is 10.5. The molecule has 23 heavy (non-hydrogen) atoms. The molecule has 0 aliphatic carbocycles. The van der Waals surface area contributed by atoms with Gasteiger partial charge in [-0.1, -0.05) is 34.6 Å². The Balaban J connectivity index is 2.83. The zero-order valence-corrected chi connectivity index (χ0v) is 13.3. The Bertz CT molecular complexity index is 602. The number of halogens is 4. The lowest BCUT2D eigenvalue weighted by Gasteiger charge is -2.18. The fraction of sp³-hybridized carbons (Fsp3) is 0.286. The molecule has 0 fully saturated rings. The molecule has 2 atom stereocenters. The van der Waals surface area contributed by atoms with Crippen molar-refractivity contribution in [3.05, 3.63) is 46.5 Å². The summed E-state index contributed by atoms with van der Waals surface area (Å²) in [6, 6.07) is 2.36. The van der Waals surface area contributed by atoms with Gasteiger partial charge in [0.25, 0.3) is 5.91 Å². The van der Waals surface area contributed by atoms with Crippen LogP contribution in [0.2, 0.25) is 0 Å². The zero-order valence-electron chi connectivity index (χ0n) is 11.7. The third kappa shape index (κ3) is 5.68. The maximum absolute atomic E-state index is 12.5. The molecular formula is C14H14BrF3N2O3. The fourth-order valence-electron chi connectivity index (χ4n) is 1.70. The lowest BCUT2D eigenvalue weighted by Crippen LogP contribution is -2.46. The van der Waals surface area contributed by atoms with E-state index in [9.17, 15) is 27.9 Å². The summed E-state index contributed by atoms with van der Waals surface area (Å²) in [5.74, 6) is -1.79. The summed E-state index contributed by atoms with van der Waals surface area (Å²) in [4.78, 5) is 23.1. The lowest BCUT2D eigenvalue weighted by molar-refractivity contribution is -0.137. The highest BCUT2D eigenvalue weighted by molar-refractivity contribution is 9.11. The first-order valence-electron chi connectivity index (χ1n) is 6.30. The summed E-state index contributed by atoms with van der Waals surface area (Å²) in [7, 11) is 0. The minimum Gasteiger partial charge on any atom is -0.378 e. The van der Waals surface area contributed by atoms with Gasteiger partial charge in [0, 0.05) is 6.42 Å². The predicted molar refractivity (Wildman–Crippen MR) is 80.2 cm³/mol. The number of aliphatic hydroxyl groups is 1. The van der Waals surface area contributed by atoms with Crippen LogP contribution >= 0.6 is 15.9 Å². The van der Waals surface area contributed by atoms with E-state index in [0.717, 1.165) is 24.3 Å². The van der Waals surface area contributed by atoms with Gasteiger partial charge in [0.15, 0.2) is 6.10 Å². The molecule has 0 aromatic heterocycles. The van der Waals surface area contributed by atoms with E-state index in [2.05, 4.69) is 27.8 Å². The van der Waals surface area contributed by atoms with E-state index in [4.69, 9.17) is 5.73 Å². The Hall–Kier alpha value is -1.87. The minimum absolute atomic E-state index is 0.0147. The summed E-state index contributed by atoms with van der Waals surface area (Å²) in [5.41, 5.74) is 4.17. The van der Waals surface area contributed by atoms with Crippen LogP contribution in [-0.4, -0.2) is 23.0 Å². The van der Waals surface area contributed by atoms with Crippen LogP contribution in [0.25, 0.3) is 0 Å². The van der Waals surface area contributed by atoms with Crippen molar-refractivity contribution in [2.45, 2.75) is 24.7 Å². The molecule has 0 saturated carbocycles. The fourth-order valence-corrected chi connectivity index (χ4v) is 2.02. The summed E-state index contributed by atoms with van der Waals surface area (Å²) in [6.07, 6.45) is -6.23. The van der Waals surface area contributed by atoms with E-state index in [1.165, 1.54) is 0 Å². The van der Waals surface area contributed by atoms with Crippen LogP contribution in [-0.2, 0) is 15.8 Å². The van der Waals surface area contributed by atoms with Gasteiger partial charge in [-0.25, -0.2) is 0 Å². The molecule has 0 heterocycles. The van der Waals surface area contributed by atoms with Crippen molar-refractivity contribution in [2.75, 3.05) is 0 Å². The van der Waals surface area contributed by atoms with E-state index < -0.39 is 35.7 Å². The van der Waals surface area contributed by atoms with Gasteiger partial charge in [0.2, 0.25) is 5.91 Å². The lowest BCUT2D eigenvalue weighted by atomic mass is 10.1. The van der Waals surface area contributed by atoms with Crippen LogP contribution in [0.5, 0.6) is 0 Å². The second kappa shape index (κ2) is 7.60. The maximum atomic E-state index is 12.5. The predicted octanol–water partition coefficient (Wildman–Crippen LogP) is 2.01. The molecule has 0 saturated heterocycles. The summed E-state index contributed by atoms with van der Waals surface area (Å²) < 4.78 is 37.8. The van der Waals surface area contributed by atoms with E-state index in [1.54, 1.807) is 0 Å². The van der Waals surface area contributed by atoms with Gasteiger partial charge in [0.05, 0.1) is 5.56 Å². The van der Waals surface area contributed by atoms with Crippen LogP contribution in [0.1, 0.15) is 23.7 Å². The van der Waals surface area contributed by atoms with Crippen molar-refractivity contribution in [1.29, 1.82) is 0 Å². The molecule has 126 valence electrons. The van der Waals surface area contributed by atoms with Crippen LogP contribution in [0.4, 0.5) is 13.2 Å². The zero-order chi connectivity index (χ0) is 17.8. The second-order valence-electron chi connectivity index (χ2n) is 4.71. The molecule has 5 nitrogen and oxygen atoms in total. The van der Waals surface area contributed by atoms with Crippen LogP contribution in [0.15, 0.2) is 35.3 Å². The molecule has 0 bridgehead atoms. The van der Waals surface area contributed by atoms with Crippen molar-refractivity contribution in [3.63, 3.8) is 0 Å². The van der Waals surface area contributed by atoms with Crippen LogP contribution < -0.4 is 11.1 Å². The smallest absolute Gasteiger partial charge is 0.378 e. The van der Waals surface area contributed by atoms with E-state index in [1.807, 2.05) is 0 Å². The van der Waals surface area contributed by atoms with Gasteiger partial charge in [-0.15, -0.1) is 0 Å². The molecule has 0 unspecified atom stereocenters. The number of aliphatic hydroxyl groups excluding tert-OH is 1. The molecule has 1 rings (SSSR count). The van der Waals surface area contributed by atoms with Gasteiger partial charge in [0.1, 0.15) is 6.04 Å². The van der Waals surface area contributed by atoms with Crippen molar-refractivity contribution in [3.8, 4) is 0 Å². The topological polar surface area (TPSA) is 92.4 Å². The normalized spacial score (nSPS) is 14.0. The van der Waals surface area contributed by atoms with Gasteiger partial charge in [-0.3, -0.25) is 9.59 Å². The number of rotatable bonds is 6. The van der Waals surface area contributed by atoms with E-state index >= 15 is 0 Å². The minimum atomic E-state index is -4.51. The summed E-state index contributed by atoms with van der Waals surface area (Å²) >= 11 is 3.02. The number of nitrogens with one attached hydrogen (secondary N) is 1. The van der Waals surface area contributed by atoms with Crippen molar-refractivity contribution < 1.29 is 27.9 Å². The van der Waals surface area contributed by atoms with Crippen molar-refractivity contribution in [2.24, 2.45) is 5.73 Å². The molecule has 1 aromatic rings. The highest BCUT2D eigenvalue weighted by Crippen LogP contribution is 2.30. The van der Waals surface area contributed by atoms with Crippen LogP contribution in [0.3, 0.4) is 0 Å². The number of hydrogen-bond acceptors (Lipinski definition) is 3. The molecule has 0 radical (unpaired) electrons. The maximum Gasteiger partial charge on any atom is 0.416 e. The number of amides is 2.